The van der Waals surface area contributed by atoms with E-state index in [1.165, 1.54) is 25.5 Å². The average Bonchev–Trinajstić information content (AvgIpc) is 2.81. The Morgan fingerprint density at radius 1 is 0.906 bits per heavy atom. The molecule has 0 unspecified atom stereocenters. The van der Waals surface area contributed by atoms with Crippen molar-refractivity contribution in [2.45, 2.75) is 0 Å². The zero-order chi connectivity index (χ0) is 22.9. The van der Waals surface area contributed by atoms with Crippen LogP contribution in [0.3, 0.4) is 0 Å². The van der Waals surface area contributed by atoms with Gasteiger partial charge in [-0.15, -0.1) is 0 Å². The molecule has 0 bridgehead atoms. The van der Waals surface area contributed by atoms with Crippen molar-refractivity contribution >= 4 is 29.7 Å². The van der Waals surface area contributed by atoms with Gasteiger partial charge in [-0.2, -0.15) is 5.10 Å². The molecule has 9 heteroatoms. The van der Waals surface area contributed by atoms with E-state index >= 15 is 0 Å². The number of ether oxygens (including phenoxy) is 2. The van der Waals surface area contributed by atoms with Crippen LogP contribution in [0.5, 0.6) is 11.5 Å². The maximum absolute atomic E-state index is 12.9. The van der Waals surface area contributed by atoms with Crippen LogP contribution in [0.4, 0.5) is 10.1 Å². The van der Waals surface area contributed by atoms with E-state index in [2.05, 4.69) is 15.8 Å². The normalized spacial score (nSPS) is 10.4. The summed E-state index contributed by atoms with van der Waals surface area (Å²) in [5.41, 5.74) is 3.29. The first-order valence-electron chi connectivity index (χ1n) is 9.31. The lowest BCUT2D eigenvalue weighted by Crippen LogP contribution is -2.32. The Balaban J connectivity index is 1.51. The number of benzene rings is 3. The van der Waals surface area contributed by atoms with E-state index in [9.17, 15) is 18.8 Å². The number of hydrazone groups is 1. The van der Waals surface area contributed by atoms with Gasteiger partial charge in [-0.25, -0.2) is 14.6 Å². The molecule has 162 valence electrons. The predicted molar refractivity (Wildman–Crippen MR) is 115 cm³/mol. The molecule has 0 atom stereocenters. The lowest BCUT2D eigenvalue weighted by Gasteiger charge is -2.06. The summed E-state index contributed by atoms with van der Waals surface area (Å²) in [5, 5.41) is 6.02. The Kier molecular flexibility index (Phi) is 7.26. The molecule has 0 fully saturated rings. The zero-order valence-electron chi connectivity index (χ0n) is 16.9. The molecule has 3 aromatic carbocycles. The van der Waals surface area contributed by atoms with Crippen molar-refractivity contribution in [1.82, 2.24) is 5.43 Å². The first-order chi connectivity index (χ1) is 15.4. The van der Waals surface area contributed by atoms with Crippen molar-refractivity contribution in [3.05, 3.63) is 89.7 Å². The molecule has 0 heterocycles. The quantitative estimate of drug-likeness (QED) is 0.203. The molecule has 0 aliphatic rings. The number of halogens is 1. The number of rotatable bonds is 6. The average molecular weight is 435 g/mol. The van der Waals surface area contributed by atoms with Crippen LogP contribution in [0, 0.1) is 5.82 Å². The van der Waals surface area contributed by atoms with Gasteiger partial charge in [-0.05, 0) is 72.3 Å². The van der Waals surface area contributed by atoms with E-state index in [0.29, 0.717) is 22.6 Å². The summed E-state index contributed by atoms with van der Waals surface area (Å²) in [7, 11) is 1.51. The fourth-order valence-corrected chi connectivity index (χ4v) is 2.48. The number of nitrogens with one attached hydrogen (secondary N) is 2. The molecule has 0 saturated carbocycles. The number of nitrogens with zero attached hydrogens (tertiary/aromatic N) is 1. The second kappa shape index (κ2) is 10.5. The smallest absolute Gasteiger partial charge is 0.343 e. The highest BCUT2D eigenvalue weighted by molar-refractivity contribution is 6.39. The SMILES string of the molecule is COc1cccc(C(=O)Oc2ccc(C=NNC(=O)C(=O)Nc3ccc(F)cc3)cc2)c1. The maximum atomic E-state index is 12.9. The van der Waals surface area contributed by atoms with Gasteiger partial charge in [0.25, 0.3) is 0 Å². The van der Waals surface area contributed by atoms with Crippen LogP contribution in [0.1, 0.15) is 15.9 Å². The summed E-state index contributed by atoms with van der Waals surface area (Å²) >= 11 is 0. The second-order valence-electron chi connectivity index (χ2n) is 6.35. The number of carbonyl (C=O) groups excluding carboxylic acids is 3. The molecule has 0 saturated heterocycles. The number of esters is 1. The van der Waals surface area contributed by atoms with Crippen LogP contribution in [-0.4, -0.2) is 31.1 Å². The van der Waals surface area contributed by atoms with Crippen LogP contribution in [-0.2, 0) is 9.59 Å². The molecule has 8 nitrogen and oxygen atoms in total. The zero-order valence-corrected chi connectivity index (χ0v) is 16.9. The first kappa shape index (κ1) is 22.2. The van der Waals surface area contributed by atoms with Crippen LogP contribution in [0.2, 0.25) is 0 Å². The number of amides is 2. The molecule has 0 aliphatic heterocycles. The lowest BCUT2D eigenvalue weighted by atomic mass is 10.2. The molecule has 2 N–H and O–H groups in total. The third-order valence-corrected chi connectivity index (χ3v) is 4.08. The Morgan fingerprint density at radius 3 is 2.31 bits per heavy atom. The van der Waals surface area contributed by atoms with E-state index in [1.807, 2.05) is 0 Å². The standard InChI is InChI=1S/C23H18FN3O5/c1-31-20-4-2-3-16(13-20)23(30)32-19-11-5-15(6-12-19)14-25-27-22(29)21(28)26-18-9-7-17(24)8-10-18/h2-14H,1H3,(H,26,28)(H,27,29). The minimum Gasteiger partial charge on any atom is -0.497 e. The van der Waals surface area contributed by atoms with Gasteiger partial charge >= 0.3 is 17.8 Å². The highest BCUT2D eigenvalue weighted by Gasteiger charge is 2.13. The fourth-order valence-electron chi connectivity index (χ4n) is 2.48. The van der Waals surface area contributed by atoms with Crippen molar-refractivity contribution in [2.24, 2.45) is 5.10 Å². The van der Waals surface area contributed by atoms with E-state index < -0.39 is 23.6 Å². The number of hydrogen-bond donors (Lipinski definition) is 2. The van der Waals surface area contributed by atoms with Gasteiger partial charge in [0.1, 0.15) is 17.3 Å². The molecule has 3 rings (SSSR count). The van der Waals surface area contributed by atoms with Gasteiger partial charge in [0, 0.05) is 5.69 Å². The summed E-state index contributed by atoms with van der Waals surface area (Å²) in [6, 6.07) is 17.9. The Morgan fingerprint density at radius 2 is 1.62 bits per heavy atom. The maximum Gasteiger partial charge on any atom is 0.343 e. The lowest BCUT2D eigenvalue weighted by molar-refractivity contribution is -0.136. The van der Waals surface area contributed by atoms with Gasteiger partial charge in [-0.1, -0.05) is 6.07 Å². The summed E-state index contributed by atoms with van der Waals surface area (Å²) in [4.78, 5) is 35.8. The fraction of sp³-hybridized carbons (Fsp3) is 0.0435. The Bertz CT molecular complexity index is 1150. The van der Waals surface area contributed by atoms with E-state index in [4.69, 9.17) is 9.47 Å². The summed E-state index contributed by atoms with van der Waals surface area (Å²) in [6.45, 7) is 0. The van der Waals surface area contributed by atoms with Gasteiger partial charge in [-0.3, -0.25) is 9.59 Å². The molecule has 0 radical (unpaired) electrons. The molecule has 0 aliphatic carbocycles. The molecular weight excluding hydrogens is 417 g/mol. The summed E-state index contributed by atoms with van der Waals surface area (Å²) < 4.78 is 23.3. The number of hydrogen-bond acceptors (Lipinski definition) is 6. The Labute approximate surface area is 182 Å². The Hall–Kier alpha value is -4.53. The minimum absolute atomic E-state index is 0.273. The van der Waals surface area contributed by atoms with Crippen LogP contribution in [0.25, 0.3) is 0 Å². The number of anilines is 1. The van der Waals surface area contributed by atoms with Crippen molar-refractivity contribution < 1.29 is 28.2 Å². The molecule has 3 aromatic rings. The van der Waals surface area contributed by atoms with Crippen molar-refractivity contribution in [3.8, 4) is 11.5 Å². The minimum atomic E-state index is -0.991. The topological polar surface area (TPSA) is 106 Å². The third-order valence-electron chi connectivity index (χ3n) is 4.08. The van der Waals surface area contributed by atoms with Crippen LogP contribution < -0.4 is 20.2 Å². The van der Waals surface area contributed by atoms with Gasteiger partial charge in [0.15, 0.2) is 0 Å². The van der Waals surface area contributed by atoms with Gasteiger partial charge < -0.3 is 14.8 Å². The van der Waals surface area contributed by atoms with Gasteiger partial charge in [0.05, 0.1) is 18.9 Å². The molecular formula is C23H18FN3O5. The van der Waals surface area contributed by atoms with Crippen LogP contribution >= 0.6 is 0 Å². The summed E-state index contributed by atoms with van der Waals surface area (Å²) in [5.74, 6) is -2.08. The second-order valence-corrected chi connectivity index (χ2v) is 6.35. The third kappa shape index (κ3) is 6.23. The van der Waals surface area contributed by atoms with Crippen LogP contribution in [0.15, 0.2) is 77.9 Å². The predicted octanol–water partition coefficient (Wildman–Crippen LogP) is 3.14. The van der Waals surface area contributed by atoms with Crippen molar-refractivity contribution in [1.29, 1.82) is 0 Å². The van der Waals surface area contributed by atoms with E-state index in [1.54, 1.807) is 48.5 Å². The monoisotopic (exact) mass is 435 g/mol. The molecule has 0 spiro atoms. The molecule has 0 aromatic heterocycles. The molecule has 32 heavy (non-hydrogen) atoms. The first-order valence-corrected chi connectivity index (χ1v) is 9.31. The number of methoxy groups -OCH3 is 1. The van der Waals surface area contributed by atoms with E-state index in [-0.39, 0.29) is 5.69 Å². The van der Waals surface area contributed by atoms with Crippen molar-refractivity contribution in [2.75, 3.05) is 12.4 Å². The van der Waals surface area contributed by atoms with Crippen molar-refractivity contribution in [3.63, 3.8) is 0 Å². The largest absolute Gasteiger partial charge is 0.497 e. The summed E-state index contributed by atoms with van der Waals surface area (Å²) in [6.07, 6.45) is 1.32. The van der Waals surface area contributed by atoms with Gasteiger partial charge in [0.2, 0.25) is 0 Å². The highest BCUT2D eigenvalue weighted by Crippen LogP contribution is 2.17. The highest BCUT2D eigenvalue weighted by atomic mass is 19.1. The number of carbonyl (C=O) groups is 3. The van der Waals surface area contributed by atoms with E-state index in [0.717, 1.165) is 12.1 Å². The molecule has 2 amide bonds.